The number of aromatic nitrogens is 2. The van der Waals surface area contributed by atoms with Crippen molar-refractivity contribution in [3.63, 3.8) is 0 Å². The topological polar surface area (TPSA) is 72.2 Å². The summed E-state index contributed by atoms with van der Waals surface area (Å²) in [5.41, 5.74) is 1.91. The van der Waals surface area contributed by atoms with Crippen molar-refractivity contribution in [1.82, 2.24) is 9.55 Å². The number of benzene rings is 1. The Bertz CT molecular complexity index is 736. The molecular weight excluding hydrogens is 275 g/mol. The van der Waals surface area contributed by atoms with Crippen LogP contribution in [0.2, 0.25) is 0 Å². The second-order valence-corrected chi connectivity index (χ2v) is 4.75. The molecule has 2 rings (SSSR count). The van der Waals surface area contributed by atoms with E-state index in [4.69, 9.17) is 5.11 Å². The van der Waals surface area contributed by atoms with Crippen molar-refractivity contribution in [3.8, 4) is 5.69 Å². The minimum atomic E-state index is -0.909. The molecule has 0 aliphatic rings. The van der Waals surface area contributed by atoms with E-state index in [0.29, 0.717) is 23.5 Å². The van der Waals surface area contributed by atoms with E-state index in [1.54, 1.807) is 13.8 Å². The highest BCUT2D eigenvalue weighted by Crippen LogP contribution is 2.16. The van der Waals surface area contributed by atoms with Crippen LogP contribution in [0.5, 0.6) is 0 Å². The third-order valence-electron chi connectivity index (χ3n) is 3.34. The highest BCUT2D eigenvalue weighted by Gasteiger charge is 2.14. The van der Waals surface area contributed by atoms with Gasteiger partial charge in [-0.15, -0.1) is 0 Å². The highest BCUT2D eigenvalue weighted by atomic mass is 19.1. The van der Waals surface area contributed by atoms with Crippen molar-refractivity contribution >= 4 is 5.97 Å². The molecule has 0 bridgehead atoms. The third kappa shape index (κ3) is 3.16. The number of hydrogen-bond acceptors (Lipinski definition) is 3. The smallest absolute Gasteiger partial charge is 0.352 e. The summed E-state index contributed by atoms with van der Waals surface area (Å²) >= 11 is 0. The highest BCUT2D eigenvalue weighted by molar-refractivity contribution is 5.67. The summed E-state index contributed by atoms with van der Waals surface area (Å²) in [6, 6.07) is 5.50. The first-order valence-corrected chi connectivity index (χ1v) is 6.47. The molecule has 0 saturated carbocycles. The van der Waals surface area contributed by atoms with Crippen LogP contribution in [0.15, 0.2) is 29.1 Å². The van der Waals surface area contributed by atoms with Gasteiger partial charge in [-0.25, -0.2) is 9.18 Å². The lowest BCUT2D eigenvalue weighted by molar-refractivity contribution is -0.136. The lowest BCUT2D eigenvalue weighted by Crippen LogP contribution is -2.26. The van der Waals surface area contributed by atoms with Gasteiger partial charge < -0.3 is 5.11 Å². The van der Waals surface area contributed by atoms with E-state index in [1.807, 2.05) is 0 Å². The summed E-state index contributed by atoms with van der Waals surface area (Å²) in [5.74, 6) is -1.30. The lowest BCUT2D eigenvalue weighted by atomic mass is 10.1. The van der Waals surface area contributed by atoms with E-state index in [1.165, 1.54) is 28.8 Å². The molecule has 2 aromatic rings. The van der Waals surface area contributed by atoms with Gasteiger partial charge in [0.1, 0.15) is 5.82 Å². The fourth-order valence-corrected chi connectivity index (χ4v) is 2.29. The van der Waals surface area contributed by atoms with Gasteiger partial charge in [0.15, 0.2) is 0 Å². The van der Waals surface area contributed by atoms with Crippen LogP contribution in [-0.2, 0) is 11.2 Å². The maximum atomic E-state index is 13.0. The molecule has 1 N–H and O–H groups in total. The zero-order valence-corrected chi connectivity index (χ0v) is 11.8. The van der Waals surface area contributed by atoms with Crippen LogP contribution < -0.4 is 5.69 Å². The van der Waals surface area contributed by atoms with Gasteiger partial charge in [0.25, 0.3) is 0 Å². The predicted octanol–water partition coefficient (Wildman–Crippen LogP) is 2.01. The van der Waals surface area contributed by atoms with E-state index in [-0.39, 0.29) is 6.42 Å². The van der Waals surface area contributed by atoms with Crippen molar-refractivity contribution in [1.29, 1.82) is 0 Å². The molecule has 0 unspecified atom stereocenters. The average Bonchev–Trinajstić information content (AvgIpc) is 2.40. The van der Waals surface area contributed by atoms with Crippen molar-refractivity contribution in [3.05, 3.63) is 57.5 Å². The first-order chi connectivity index (χ1) is 9.90. The zero-order chi connectivity index (χ0) is 15.6. The summed E-state index contributed by atoms with van der Waals surface area (Å²) in [4.78, 5) is 26.7. The van der Waals surface area contributed by atoms with Crippen LogP contribution >= 0.6 is 0 Å². The predicted molar refractivity (Wildman–Crippen MR) is 75.2 cm³/mol. The molecule has 0 amide bonds. The maximum Gasteiger partial charge on any atom is 0.352 e. The van der Waals surface area contributed by atoms with Crippen molar-refractivity contribution in [2.24, 2.45) is 0 Å². The van der Waals surface area contributed by atoms with Crippen LogP contribution in [0.25, 0.3) is 5.69 Å². The Morgan fingerprint density at radius 1 is 1.29 bits per heavy atom. The molecule has 0 saturated heterocycles. The number of carboxylic acids is 1. The molecule has 1 aromatic heterocycles. The number of aryl methyl sites for hydroxylation is 1. The summed E-state index contributed by atoms with van der Waals surface area (Å²) in [6.07, 6.45) is 0.256. The Hall–Kier alpha value is -2.50. The first kappa shape index (κ1) is 14.9. The molecule has 5 nitrogen and oxygen atoms in total. The van der Waals surface area contributed by atoms with Gasteiger partial charge in [0.05, 0.1) is 5.69 Å². The Morgan fingerprint density at radius 2 is 1.90 bits per heavy atom. The molecule has 110 valence electrons. The summed E-state index contributed by atoms with van der Waals surface area (Å²) in [7, 11) is 0. The van der Waals surface area contributed by atoms with Crippen LogP contribution in [0, 0.1) is 19.7 Å². The Balaban J connectivity index is 2.56. The van der Waals surface area contributed by atoms with Gasteiger partial charge in [-0.2, -0.15) is 4.98 Å². The van der Waals surface area contributed by atoms with Crippen LogP contribution in [0.1, 0.15) is 23.4 Å². The number of nitrogens with zero attached hydrogens (tertiary/aromatic N) is 2. The molecule has 0 spiro atoms. The molecule has 0 fully saturated rings. The number of rotatable bonds is 4. The molecule has 21 heavy (non-hydrogen) atoms. The fraction of sp³-hybridized carbons (Fsp3) is 0.267. The van der Waals surface area contributed by atoms with Gasteiger partial charge >= 0.3 is 11.7 Å². The van der Waals surface area contributed by atoms with E-state index < -0.39 is 17.5 Å². The number of halogens is 1. The van der Waals surface area contributed by atoms with E-state index in [9.17, 15) is 14.0 Å². The SMILES string of the molecule is Cc1nc(=O)n(-c2ccc(F)cc2)c(C)c1CCC(=O)O. The van der Waals surface area contributed by atoms with Crippen LogP contribution in [0.3, 0.4) is 0 Å². The van der Waals surface area contributed by atoms with Crippen LogP contribution in [-0.4, -0.2) is 20.6 Å². The Morgan fingerprint density at radius 3 is 2.48 bits per heavy atom. The molecule has 0 atom stereocenters. The zero-order valence-electron chi connectivity index (χ0n) is 11.8. The molecule has 1 heterocycles. The molecule has 6 heteroatoms. The quantitative estimate of drug-likeness (QED) is 0.935. The minimum Gasteiger partial charge on any atom is -0.481 e. The van der Waals surface area contributed by atoms with Gasteiger partial charge in [0, 0.05) is 17.8 Å². The Labute approximate surface area is 120 Å². The van der Waals surface area contributed by atoms with Crippen molar-refractivity contribution < 1.29 is 14.3 Å². The number of carbonyl (C=O) groups is 1. The molecule has 0 aliphatic carbocycles. The molecule has 1 aromatic carbocycles. The van der Waals surface area contributed by atoms with Crippen molar-refractivity contribution in [2.45, 2.75) is 26.7 Å². The summed E-state index contributed by atoms with van der Waals surface area (Å²) in [5, 5.41) is 8.80. The second kappa shape index (κ2) is 5.87. The summed E-state index contributed by atoms with van der Waals surface area (Å²) < 4.78 is 14.4. The summed E-state index contributed by atoms with van der Waals surface area (Å²) in [6.45, 7) is 3.41. The minimum absolute atomic E-state index is 0.0367. The van der Waals surface area contributed by atoms with Gasteiger partial charge in [-0.1, -0.05) is 0 Å². The van der Waals surface area contributed by atoms with Gasteiger partial charge in [-0.05, 0) is 50.1 Å². The number of aliphatic carboxylic acids is 1. The largest absolute Gasteiger partial charge is 0.481 e. The first-order valence-electron chi connectivity index (χ1n) is 6.47. The molecule has 0 aliphatic heterocycles. The standard InChI is InChI=1S/C15H15FN2O3/c1-9-13(7-8-14(19)20)10(2)18(15(21)17-9)12-5-3-11(16)4-6-12/h3-6H,7-8H2,1-2H3,(H,19,20). The van der Waals surface area contributed by atoms with Crippen molar-refractivity contribution in [2.75, 3.05) is 0 Å². The average molecular weight is 290 g/mol. The number of hydrogen-bond donors (Lipinski definition) is 1. The normalized spacial score (nSPS) is 10.6. The van der Waals surface area contributed by atoms with Gasteiger partial charge in [-0.3, -0.25) is 9.36 Å². The monoisotopic (exact) mass is 290 g/mol. The van der Waals surface area contributed by atoms with E-state index in [0.717, 1.165) is 5.56 Å². The van der Waals surface area contributed by atoms with Crippen LogP contribution in [0.4, 0.5) is 4.39 Å². The second-order valence-electron chi connectivity index (χ2n) is 4.75. The fourth-order valence-electron chi connectivity index (χ4n) is 2.29. The maximum absolute atomic E-state index is 13.0. The van der Waals surface area contributed by atoms with E-state index in [2.05, 4.69) is 4.98 Å². The third-order valence-corrected chi connectivity index (χ3v) is 3.34. The number of carboxylic acid groups (broad SMARTS) is 1. The van der Waals surface area contributed by atoms with E-state index >= 15 is 0 Å². The lowest BCUT2D eigenvalue weighted by Gasteiger charge is -2.15. The Kier molecular flexibility index (Phi) is 4.16. The molecule has 0 radical (unpaired) electrons. The molecular formula is C15H15FN2O3. The van der Waals surface area contributed by atoms with Gasteiger partial charge in [0.2, 0.25) is 0 Å².